The van der Waals surface area contributed by atoms with Crippen molar-refractivity contribution >= 4 is 44.8 Å². The Morgan fingerprint density at radius 1 is 1.14 bits per heavy atom. The smallest absolute Gasteiger partial charge is 0.350 e. The Bertz CT molecular complexity index is 1010. The fourth-order valence-corrected chi connectivity index (χ4v) is 4.08. The van der Waals surface area contributed by atoms with Gasteiger partial charge in [0.25, 0.3) is 0 Å². The number of amides is 1. The number of nitrogens with one attached hydrogen (secondary N) is 1. The molecule has 1 unspecified atom stereocenters. The van der Waals surface area contributed by atoms with E-state index in [1.807, 2.05) is 0 Å². The molecule has 0 heterocycles. The quantitative estimate of drug-likeness (QED) is 0.679. The summed E-state index contributed by atoms with van der Waals surface area (Å²) >= 11 is 11.8. The summed E-state index contributed by atoms with van der Waals surface area (Å²) < 4.78 is 63.8. The van der Waals surface area contributed by atoms with E-state index in [1.54, 1.807) is 0 Å². The number of rotatable bonds is 6. The lowest BCUT2D eigenvalue weighted by Gasteiger charge is -2.28. The van der Waals surface area contributed by atoms with E-state index in [-0.39, 0.29) is 27.8 Å². The molecule has 158 valence electrons. The number of nitrogens with zero attached hydrogens (tertiary/aromatic N) is 1. The van der Waals surface area contributed by atoms with Crippen LogP contribution in [0.15, 0.2) is 42.5 Å². The summed E-state index contributed by atoms with van der Waals surface area (Å²) in [4.78, 5) is 12.5. The Hall–Kier alpha value is -1.97. The number of alkyl halides is 3. The number of carbonyl (C=O) groups is 1. The fourth-order valence-electron chi connectivity index (χ4n) is 2.63. The van der Waals surface area contributed by atoms with Crippen LogP contribution >= 0.6 is 23.2 Å². The summed E-state index contributed by atoms with van der Waals surface area (Å²) in [5.74, 6) is -0.695. The van der Waals surface area contributed by atoms with E-state index in [1.165, 1.54) is 37.3 Å². The number of hydrogen-bond acceptors (Lipinski definition) is 3. The van der Waals surface area contributed by atoms with E-state index in [0.29, 0.717) is 0 Å². The first kappa shape index (κ1) is 23.3. The van der Waals surface area contributed by atoms with Crippen LogP contribution < -0.4 is 9.62 Å². The first-order valence-corrected chi connectivity index (χ1v) is 10.8. The van der Waals surface area contributed by atoms with Crippen LogP contribution in [-0.2, 0) is 27.5 Å². The minimum Gasteiger partial charge on any atom is -0.350 e. The summed E-state index contributed by atoms with van der Waals surface area (Å²) in [6.07, 6.45) is -3.58. The molecule has 1 N–H and O–H groups in total. The monoisotopic (exact) mass is 468 g/mol. The molecule has 0 saturated heterocycles. The largest absolute Gasteiger partial charge is 0.416 e. The van der Waals surface area contributed by atoms with Crippen molar-refractivity contribution in [3.05, 3.63) is 63.6 Å². The molecule has 0 spiro atoms. The first-order chi connectivity index (χ1) is 13.3. The van der Waals surface area contributed by atoms with E-state index in [4.69, 9.17) is 23.2 Å². The Morgan fingerprint density at radius 2 is 1.79 bits per heavy atom. The molecule has 11 heteroatoms. The van der Waals surface area contributed by atoms with Crippen molar-refractivity contribution in [2.45, 2.75) is 25.7 Å². The Morgan fingerprint density at radius 3 is 2.34 bits per heavy atom. The van der Waals surface area contributed by atoms with Crippen molar-refractivity contribution in [3.63, 3.8) is 0 Å². The third-order valence-electron chi connectivity index (χ3n) is 3.97. The average molecular weight is 469 g/mol. The maximum Gasteiger partial charge on any atom is 0.416 e. The molecule has 1 amide bonds. The number of hydrogen-bond donors (Lipinski definition) is 1. The molecule has 0 aliphatic heterocycles. The molecule has 1 atom stereocenters. The summed E-state index contributed by atoms with van der Waals surface area (Å²) in [7, 11) is -3.88. The molecule has 0 fully saturated rings. The van der Waals surface area contributed by atoms with Crippen LogP contribution in [0.4, 0.5) is 18.9 Å². The van der Waals surface area contributed by atoms with Gasteiger partial charge in [-0.1, -0.05) is 35.3 Å². The lowest BCUT2D eigenvalue weighted by atomic mass is 10.1. The number of sulfonamides is 1. The molecule has 0 aliphatic carbocycles. The van der Waals surface area contributed by atoms with Crippen molar-refractivity contribution in [1.29, 1.82) is 0 Å². The highest BCUT2D eigenvalue weighted by molar-refractivity contribution is 7.92. The highest BCUT2D eigenvalue weighted by Gasteiger charge is 2.31. The number of anilines is 1. The van der Waals surface area contributed by atoms with Crippen molar-refractivity contribution in [2.75, 3.05) is 10.6 Å². The second-order valence-corrected chi connectivity index (χ2v) is 8.92. The molecule has 5 nitrogen and oxygen atoms in total. The van der Waals surface area contributed by atoms with Gasteiger partial charge in [-0.05, 0) is 42.8 Å². The van der Waals surface area contributed by atoms with Gasteiger partial charge in [0.15, 0.2) is 0 Å². The molecule has 2 aromatic rings. The van der Waals surface area contributed by atoms with Gasteiger partial charge >= 0.3 is 6.18 Å². The number of halogens is 5. The molecule has 2 rings (SSSR count). The lowest BCUT2D eigenvalue weighted by molar-refractivity contribution is -0.137. The van der Waals surface area contributed by atoms with Crippen molar-refractivity contribution in [1.82, 2.24) is 5.32 Å². The molecule has 0 aromatic heterocycles. The van der Waals surface area contributed by atoms with Crippen molar-refractivity contribution < 1.29 is 26.4 Å². The molecular weight excluding hydrogens is 452 g/mol. The van der Waals surface area contributed by atoms with Crippen LogP contribution in [0.25, 0.3) is 0 Å². The van der Waals surface area contributed by atoms with Crippen molar-refractivity contribution in [3.8, 4) is 0 Å². The molecule has 0 saturated carbocycles. The van der Waals surface area contributed by atoms with E-state index in [9.17, 15) is 26.4 Å². The van der Waals surface area contributed by atoms with Gasteiger partial charge in [-0.2, -0.15) is 13.2 Å². The van der Waals surface area contributed by atoms with Crippen molar-refractivity contribution in [2.24, 2.45) is 0 Å². The Balaban J connectivity index is 2.21. The van der Waals surface area contributed by atoms with Gasteiger partial charge in [-0.25, -0.2) is 8.42 Å². The van der Waals surface area contributed by atoms with Crippen LogP contribution in [0.3, 0.4) is 0 Å². The maximum atomic E-state index is 12.8. The predicted molar refractivity (Wildman–Crippen MR) is 107 cm³/mol. The van der Waals surface area contributed by atoms with Crippen LogP contribution in [0, 0.1) is 0 Å². The van der Waals surface area contributed by atoms with Gasteiger partial charge in [0.2, 0.25) is 15.9 Å². The Labute approximate surface area is 176 Å². The Kier molecular flexibility index (Phi) is 7.08. The third kappa shape index (κ3) is 6.01. The van der Waals surface area contributed by atoms with Crippen LogP contribution in [0.2, 0.25) is 10.0 Å². The first-order valence-electron chi connectivity index (χ1n) is 8.19. The molecule has 0 radical (unpaired) electrons. The lowest BCUT2D eigenvalue weighted by Crippen LogP contribution is -2.47. The maximum absolute atomic E-state index is 12.8. The molecular formula is C18H17Cl2F3N2O3S. The van der Waals surface area contributed by atoms with E-state index in [0.717, 1.165) is 22.7 Å². The SMILES string of the molecule is CC(C(=O)NCc1cccc(C(F)(F)F)c1)N(c1ccc(Cl)c(Cl)c1)S(C)(=O)=O. The van der Waals surface area contributed by atoms with E-state index >= 15 is 0 Å². The van der Waals surface area contributed by atoms with Gasteiger partial charge in [0.1, 0.15) is 6.04 Å². The zero-order valence-corrected chi connectivity index (χ0v) is 17.6. The zero-order chi connectivity index (χ0) is 22.0. The zero-order valence-electron chi connectivity index (χ0n) is 15.3. The van der Waals surface area contributed by atoms with Gasteiger partial charge in [0, 0.05) is 6.54 Å². The molecule has 0 aliphatic rings. The fraction of sp³-hybridized carbons (Fsp3) is 0.278. The minimum absolute atomic E-state index is 0.106. The molecule has 2 aromatic carbocycles. The third-order valence-corrected chi connectivity index (χ3v) is 5.95. The second kappa shape index (κ2) is 8.81. The summed E-state index contributed by atoms with van der Waals surface area (Å²) in [6.45, 7) is 1.15. The highest BCUT2D eigenvalue weighted by Crippen LogP contribution is 2.30. The van der Waals surface area contributed by atoms with E-state index < -0.39 is 33.7 Å². The topological polar surface area (TPSA) is 66.5 Å². The summed E-state index contributed by atoms with van der Waals surface area (Å²) in [5.41, 5.74) is -0.490. The van der Waals surface area contributed by atoms with Gasteiger partial charge < -0.3 is 5.32 Å². The highest BCUT2D eigenvalue weighted by atomic mass is 35.5. The summed E-state index contributed by atoms with van der Waals surface area (Å²) in [5, 5.41) is 2.77. The van der Waals surface area contributed by atoms with Gasteiger partial charge in [-0.3, -0.25) is 9.10 Å². The van der Waals surface area contributed by atoms with Crippen LogP contribution in [0.1, 0.15) is 18.1 Å². The predicted octanol–water partition coefficient (Wildman–Crippen LogP) is 4.48. The van der Waals surface area contributed by atoms with Gasteiger partial charge in [-0.15, -0.1) is 0 Å². The minimum atomic E-state index is -4.51. The molecule has 0 bridgehead atoms. The van der Waals surface area contributed by atoms with E-state index in [2.05, 4.69) is 5.32 Å². The second-order valence-electron chi connectivity index (χ2n) is 6.25. The van der Waals surface area contributed by atoms with Crippen LogP contribution in [-0.4, -0.2) is 26.6 Å². The standard InChI is InChI=1S/C18H17Cl2F3N2O3S/c1-11(25(29(2,27)28)14-6-7-15(19)16(20)9-14)17(26)24-10-12-4-3-5-13(8-12)18(21,22)23/h3-9,11H,10H2,1-2H3,(H,24,26). The molecule has 29 heavy (non-hydrogen) atoms. The van der Waals surface area contributed by atoms with Crippen LogP contribution in [0.5, 0.6) is 0 Å². The number of benzene rings is 2. The normalized spacial score (nSPS) is 13.1. The number of carbonyl (C=O) groups excluding carboxylic acids is 1. The summed E-state index contributed by atoms with van der Waals surface area (Å²) in [6, 6.07) is 7.40. The van der Waals surface area contributed by atoms with Gasteiger partial charge in [0.05, 0.1) is 27.6 Å². The average Bonchev–Trinajstić information content (AvgIpc) is 2.61.